The van der Waals surface area contributed by atoms with Crippen molar-refractivity contribution in [1.82, 2.24) is 0 Å². The predicted molar refractivity (Wildman–Crippen MR) is 203 cm³/mol. The minimum atomic E-state index is -0.537. The maximum absolute atomic E-state index is 11.7. The molecule has 0 saturated heterocycles. The summed E-state index contributed by atoms with van der Waals surface area (Å²) in [6, 6.07) is 26.1. The van der Waals surface area contributed by atoms with Crippen LogP contribution in [0.15, 0.2) is 110 Å². The molecular weight excluding hydrogens is 696 g/mol. The number of hydrogen-bond acceptors (Lipinski definition) is 12. The molecule has 0 aliphatic heterocycles. The Labute approximate surface area is 318 Å². The molecule has 3 aromatic rings. The largest absolute Gasteiger partial charge is 0.491 e. The number of rotatable bonds is 32. The van der Waals surface area contributed by atoms with E-state index < -0.39 is 24.1 Å². The summed E-state index contributed by atoms with van der Waals surface area (Å²) < 4.78 is 56.3. The van der Waals surface area contributed by atoms with Gasteiger partial charge in [0.15, 0.2) is 12.2 Å². The summed E-state index contributed by atoms with van der Waals surface area (Å²) in [4.78, 5) is 23.3. The topological polar surface area (TPSA) is 126 Å². The summed E-state index contributed by atoms with van der Waals surface area (Å²) >= 11 is 0. The van der Waals surface area contributed by atoms with E-state index in [9.17, 15) is 9.59 Å². The number of carbonyl (C=O) groups is 2. The van der Waals surface area contributed by atoms with E-state index in [0.29, 0.717) is 64.4 Å². The first-order chi connectivity index (χ1) is 26.6. The van der Waals surface area contributed by atoms with Crippen molar-refractivity contribution >= 4 is 11.9 Å². The van der Waals surface area contributed by atoms with E-state index in [0.717, 1.165) is 49.3 Å². The molecule has 3 aromatic carbocycles. The van der Waals surface area contributed by atoms with E-state index in [1.807, 2.05) is 84.9 Å². The van der Waals surface area contributed by atoms with Gasteiger partial charge in [0.25, 0.3) is 0 Å². The predicted octanol–water partition coefficient (Wildman–Crippen LogP) is 6.42. The lowest BCUT2D eigenvalue weighted by Crippen LogP contribution is -2.29. The van der Waals surface area contributed by atoms with E-state index >= 15 is 0 Å². The molecule has 0 N–H and O–H groups in total. The highest BCUT2D eigenvalue weighted by Crippen LogP contribution is 2.17. The van der Waals surface area contributed by atoms with Crippen LogP contribution < -0.4 is 18.9 Å². The van der Waals surface area contributed by atoms with Crippen molar-refractivity contribution < 1.29 is 57.0 Å². The Morgan fingerprint density at radius 3 is 1.15 bits per heavy atom. The van der Waals surface area contributed by atoms with Crippen LogP contribution in [0.3, 0.4) is 0 Å². The fourth-order valence-electron chi connectivity index (χ4n) is 4.59. The maximum Gasteiger partial charge on any atom is 0.330 e. The Kier molecular flexibility index (Phi) is 23.1. The van der Waals surface area contributed by atoms with Crippen LogP contribution >= 0.6 is 0 Å². The van der Waals surface area contributed by atoms with E-state index in [-0.39, 0.29) is 26.4 Å². The molecule has 0 aliphatic rings. The Morgan fingerprint density at radius 2 is 0.778 bits per heavy atom. The molecule has 2 atom stereocenters. The molecule has 12 nitrogen and oxygen atoms in total. The zero-order valence-corrected chi connectivity index (χ0v) is 31.0. The maximum atomic E-state index is 11.7. The molecule has 0 amide bonds. The summed E-state index contributed by atoms with van der Waals surface area (Å²) in [7, 11) is 0. The summed E-state index contributed by atoms with van der Waals surface area (Å²) in [5.74, 6) is 1.82. The van der Waals surface area contributed by atoms with Crippen molar-refractivity contribution in [2.45, 2.75) is 37.9 Å². The van der Waals surface area contributed by atoms with Gasteiger partial charge in [0, 0.05) is 38.6 Å². The third-order valence-electron chi connectivity index (χ3n) is 7.34. The highest BCUT2D eigenvalue weighted by molar-refractivity contribution is 5.81. The van der Waals surface area contributed by atoms with Gasteiger partial charge < -0.3 is 47.4 Å². The SMILES string of the molecule is C=CC(=O)OC(COCCCCOCCOc1ccc(OCCOCCCCOCC(COc2ccccc2)OC(=O)C=C)cc1)COc1ccccc1. The van der Waals surface area contributed by atoms with Crippen molar-refractivity contribution in [2.24, 2.45) is 0 Å². The molecule has 2 unspecified atom stereocenters. The minimum Gasteiger partial charge on any atom is -0.491 e. The number of ether oxygens (including phenoxy) is 10. The van der Waals surface area contributed by atoms with Gasteiger partial charge in [-0.3, -0.25) is 0 Å². The van der Waals surface area contributed by atoms with Crippen LogP contribution in [0, 0.1) is 0 Å². The first-order valence-corrected chi connectivity index (χ1v) is 18.2. The summed E-state index contributed by atoms with van der Waals surface area (Å²) in [6.07, 6.45) is 4.42. The normalized spacial score (nSPS) is 11.9. The summed E-state index contributed by atoms with van der Waals surface area (Å²) in [5, 5.41) is 0. The first kappa shape index (κ1) is 43.5. The molecule has 294 valence electrons. The van der Waals surface area contributed by atoms with Crippen molar-refractivity contribution in [2.75, 3.05) is 79.3 Å². The van der Waals surface area contributed by atoms with Crippen molar-refractivity contribution in [3.05, 3.63) is 110 Å². The van der Waals surface area contributed by atoms with Crippen molar-refractivity contribution in [3.63, 3.8) is 0 Å². The zero-order chi connectivity index (χ0) is 38.3. The van der Waals surface area contributed by atoms with Crippen molar-refractivity contribution in [1.29, 1.82) is 0 Å². The lowest BCUT2D eigenvalue weighted by molar-refractivity contribution is -0.148. The molecule has 0 spiro atoms. The second-order valence-electron chi connectivity index (χ2n) is 11.7. The average Bonchev–Trinajstić information content (AvgIpc) is 3.21. The van der Waals surface area contributed by atoms with E-state index in [4.69, 9.17) is 47.4 Å². The van der Waals surface area contributed by atoms with Gasteiger partial charge in [-0.05, 0) is 74.2 Å². The molecule has 0 fully saturated rings. The number of unbranched alkanes of at least 4 members (excludes halogenated alkanes) is 2. The van der Waals surface area contributed by atoms with E-state index in [1.54, 1.807) is 0 Å². The van der Waals surface area contributed by atoms with E-state index in [2.05, 4.69) is 13.2 Å². The number of esters is 2. The van der Waals surface area contributed by atoms with Crippen molar-refractivity contribution in [3.8, 4) is 23.0 Å². The molecule has 0 bridgehead atoms. The number of hydrogen-bond donors (Lipinski definition) is 0. The standard InChI is InChI=1S/C42H54O12/c1-3-41(43)53-39(33-51-35-15-7-5-8-16-35)31-47-25-13-11-23-45-27-29-49-37-19-21-38(22-20-37)50-30-28-46-24-12-14-26-48-32-40(54-42(44)4-2)34-52-36-17-9-6-10-18-36/h3-10,15-22,39-40H,1-2,11-14,23-34H2. The van der Waals surface area contributed by atoms with Crippen LogP contribution in [0.2, 0.25) is 0 Å². The van der Waals surface area contributed by atoms with Crippen LogP contribution in [0.5, 0.6) is 23.0 Å². The van der Waals surface area contributed by atoms with Gasteiger partial charge >= 0.3 is 11.9 Å². The second kappa shape index (κ2) is 28.6. The number of para-hydroxylation sites is 2. The lowest BCUT2D eigenvalue weighted by Gasteiger charge is -2.18. The Bertz CT molecular complexity index is 1310. The van der Waals surface area contributed by atoms with Crippen LogP contribution in [0.4, 0.5) is 0 Å². The van der Waals surface area contributed by atoms with Gasteiger partial charge in [-0.1, -0.05) is 49.6 Å². The fourth-order valence-corrected chi connectivity index (χ4v) is 4.59. The molecule has 3 rings (SSSR count). The van der Waals surface area contributed by atoms with Crippen LogP contribution in [-0.2, 0) is 38.0 Å². The third kappa shape index (κ3) is 21.0. The molecule has 0 aromatic heterocycles. The summed E-state index contributed by atoms with van der Waals surface area (Å²) in [6.45, 7) is 11.7. The zero-order valence-electron chi connectivity index (χ0n) is 31.0. The highest BCUT2D eigenvalue weighted by atomic mass is 16.6. The van der Waals surface area contributed by atoms with Crippen LogP contribution in [-0.4, -0.2) is 103 Å². The third-order valence-corrected chi connectivity index (χ3v) is 7.34. The van der Waals surface area contributed by atoms with Gasteiger partial charge in [-0.25, -0.2) is 9.59 Å². The molecule has 12 heteroatoms. The summed E-state index contributed by atoms with van der Waals surface area (Å²) in [5.41, 5.74) is 0. The molecule has 54 heavy (non-hydrogen) atoms. The second-order valence-corrected chi connectivity index (χ2v) is 11.7. The fraction of sp³-hybridized carbons (Fsp3) is 0.429. The van der Waals surface area contributed by atoms with Crippen LogP contribution in [0.25, 0.3) is 0 Å². The Balaban J connectivity index is 1.12. The molecular formula is C42H54O12. The molecule has 0 aliphatic carbocycles. The first-order valence-electron chi connectivity index (χ1n) is 18.2. The quantitative estimate of drug-likeness (QED) is 0.0397. The van der Waals surface area contributed by atoms with Gasteiger partial charge in [-0.15, -0.1) is 0 Å². The Hall–Kier alpha value is -4.88. The van der Waals surface area contributed by atoms with Gasteiger partial charge in [0.1, 0.15) is 49.4 Å². The van der Waals surface area contributed by atoms with Crippen LogP contribution in [0.1, 0.15) is 25.7 Å². The highest BCUT2D eigenvalue weighted by Gasteiger charge is 2.15. The lowest BCUT2D eigenvalue weighted by atomic mass is 10.3. The Morgan fingerprint density at radius 1 is 0.426 bits per heavy atom. The monoisotopic (exact) mass is 750 g/mol. The van der Waals surface area contributed by atoms with Gasteiger partial charge in [0.05, 0.1) is 26.4 Å². The smallest absolute Gasteiger partial charge is 0.330 e. The van der Waals surface area contributed by atoms with Gasteiger partial charge in [0.2, 0.25) is 0 Å². The number of benzene rings is 3. The van der Waals surface area contributed by atoms with E-state index in [1.165, 1.54) is 0 Å². The number of carbonyl (C=O) groups excluding carboxylic acids is 2. The average molecular weight is 751 g/mol. The molecule has 0 radical (unpaired) electrons. The molecule has 0 saturated carbocycles. The van der Waals surface area contributed by atoms with Gasteiger partial charge in [-0.2, -0.15) is 0 Å². The molecule has 0 heterocycles. The minimum absolute atomic E-state index is 0.187.